The minimum Gasteiger partial charge on any atom is -0.306 e. The Morgan fingerprint density at radius 1 is 0.778 bits per heavy atom. The van der Waals surface area contributed by atoms with Crippen LogP contribution in [0.3, 0.4) is 0 Å². The van der Waals surface area contributed by atoms with Crippen molar-refractivity contribution in [2.75, 3.05) is 6.54 Å². The van der Waals surface area contributed by atoms with E-state index in [4.69, 9.17) is 0 Å². The molecule has 0 amide bonds. The van der Waals surface area contributed by atoms with E-state index in [1.807, 2.05) is 6.92 Å². The predicted molar refractivity (Wildman–Crippen MR) is 127 cm³/mol. The fourth-order valence-corrected chi connectivity index (χ4v) is 5.48. The molecule has 176 valence electrons. The molecule has 0 spiro atoms. The van der Waals surface area contributed by atoms with Crippen LogP contribution in [0.5, 0.6) is 0 Å². The molecule has 1 atom stereocenters. The lowest BCUT2D eigenvalue weighted by atomic mass is 9.91. The normalized spacial score (nSPS) is 19.0. The second-order valence-electron chi connectivity index (χ2n) is 9.14. The lowest BCUT2D eigenvalue weighted by Crippen LogP contribution is -2.00. The Labute approximate surface area is 204 Å². The van der Waals surface area contributed by atoms with Crippen LogP contribution < -0.4 is 5.32 Å². The number of hydrogen-bond donors (Lipinski definition) is 1. The molecule has 6 rings (SSSR count). The highest BCUT2D eigenvalue weighted by Crippen LogP contribution is 2.55. The van der Waals surface area contributed by atoms with Gasteiger partial charge in [-0.15, -0.1) is 0 Å². The number of halogens is 4. The summed E-state index contributed by atoms with van der Waals surface area (Å²) < 4.78 is 59.1. The molecule has 0 bridgehead atoms. The number of fused-ring (bicyclic) bond motifs is 6. The smallest absolute Gasteiger partial charge is 0.134 e. The van der Waals surface area contributed by atoms with Crippen molar-refractivity contribution < 1.29 is 17.6 Å². The largest absolute Gasteiger partial charge is 0.306 e. The van der Waals surface area contributed by atoms with Crippen LogP contribution in [0.4, 0.5) is 17.6 Å². The van der Waals surface area contributed by atoms with Crippen molar-refractivity contribution in [2.24, 2.45) is 0 Å². The number of nitriles is 2. The molecule has 3 aliphatic rings. The monoisotopic (exact) mass is 483 g/mol. The van der Waals surface area contributed by atoms with E-state index in [9.17, 15) is 19.3 Å². The molecule has 3 aromatic rings. The molecule has 36 heavy (non-hydrogen) atoms. The highest BCUT2D eigenvalue weighted by molar-refractivity contribution is 6.10. The molecule has 2 aliphatic carbocycles. The van der Waals surface area contributed by atoms with E-state index < -0.39 is 23.3 Å². The van der Waals surface area contributed by atoms with Crippen LogP contribution in [-0.4, -0.2) is 12.6 Å². The second-order valence-corrected chi connectivity index (χ2v) is 9.14. The number of hydrogen-bond acceptors (Lipinski definition) is 3. The molecule has 1 fully saturated rings. The number of benzene rings is 3. The van der Waals surface area contributed by atoms with E-state index in [0.29, 0.717) is 63.9 Å². The summed E-state index contributed by atoms with van der Waals surface area (Å²) in [6, 6.07) is 11.4. The van der Waals surface area contributed by atoms with Gasteiger partial charge in [0.1, 0.15) is 23.3 Å². The van der Waals surface area contributed by atoms with Crippen molar-refractivity contribution >= 4 is 11.1 Å². The first-order chi connectivity index (χ1) is 17.4. The standard InChI is InChI=1S/C29H17F4N3/c1-2-3-13(10-34)26-16-8-19-17(9-18(16)28-20(26)4-14(30)6-23(28)32)27(22(11-35)25-12-36-25)21-5-15(31)7-24(33)29(19)21/h4-9,25,36H,2-3,12H2,1H3/b26-13-,27-22+. The van der Waals surface area contributed by atoms with Gasteiger partial charge in [0.05, 0.1) is 23.8 Å². The van der Waals surface area contributed by atoms with Crippen LogP contribution >= 0.6 is 0 Å². The van der Waals surface area contributed by atoms with Gasteiger partial charge in [0.25, 0.3) is 0 Å². The maximum Gasteiger partial charge on any atom is 0.134 e. The Hall–Kier alpha value is -4.20. The number of allylic oxidation sites excluding steroid dienone is 1. The van der Waals surface area contributed by atoms with Crippen LogP contribution in [0.25, 0.3) is 33.4 Å². The molecule has 1 heterocycles. The highest BCUT2D eigenvalue weighted by atomic mass is 19.1. The van der Waals surface area contributed by atoms with Crippen LogP contribution in [0, 0.1) is 45.9 Å². The third-order valence-corrected chi connectivity index (χ3v) is 6.97. The summed E-state index contributed by atoms with van der Waals surface area (Å²) in [6.45, 7) is 2.46. The Morgan fingerprint density at radius 2 is 1.31 bits per heavy atom. The quantitative estimate of drug-likeness (QED) is 0.178. The molecular formula is C29H17F4N3. The van der Waals surface area contributed by atoms with Crippen LogP contribution in [-0.2, 0) is 0 Å². The molecule has 0 aromatic heterocycles. The maximum absolute atomic E-state index is 15.2. The maximum atomic E-state index is 15.2. The van der Waals surface area contributed by atoms with Crippen molar-refractivity contribution in [3.8, 4) is 34.4 Å². The van der Waals surface area contributed by atoms with Crippen molar-refractivity contribution in [1.29, 1.82) is 10.5 Å². The fraction of sp³-hybridized carbons (Fsp3) is 0.172. The van der Waals surface area contributed by atoms with Gasteiger partial charge in [-0.3, -0.25) is 0 Å². The van der Waals surface area contributed by atoms with Gasteiger partial charge >= 0.3 is 0 Å². The summed E-state index contributed by atoms with van der Waals surface area (Å²) in [5.41, 5.74) is 4.16. The first-order valence-electron chi connectivity index (χ1n) is 11.6. The van der Waals surface area contributed by atoms with Crippen LogP contribution in [0.1, 0.15) is 42.0 Å². The van der Waals surface area contributed by atoms with Crippen molar-refractivity contribution in [1.82, 2.24) is 5.32 Å². The van der Waals surface area contributed by atoms with Gasteiger partial charge in [0.2, 0.25) is 0 Å². The third kappa shape index (κ3) is 3.07. The van der Waals surface area contributed by atoms with Gasteiger partial charge in [0, 0.05) is 46.5 Å². The van der Waals surface area contributed by atoms with Crippen molar-refractivity contribution in [2.45, 2.75) is 25.8 Å². The van der Waals surface area contributed by atoms with Gasteiger partial charge < -0.3 is 5.32 Å². The first-order valence-corrected chi connectivity index (χ1v) is 11.6. The topological polar surface area (TPSA) is 69.5 Å². The zero-order chi connectivity index (χ0) is 25.3. The molecule has 0 saturated carbocycles. The zero-order valence-corrected chi connectivity index (χ0v) is 19.1. The predicted octanol–water partition coefficient (Wildman–Crippen LogP) is 6.63. The fourth-order valence-electron chi connectivity index (χ4n) is 5.48. The van der Waals surface area contributed by atoms with Gasteiger partial charge in [-0.2, -0.15) is 10.5 Å². The average molecular weight is 483 g/mol. The minimum absolute atomic E-state index is 0.147. The second kappa shape index (κ2) is 7.91. The Bertz CT molecular complexity index is 1660. The molecule has 7 heteroatoms. The zero-order valence-electron chi connectivity index (χ0n) is 19.1. The van der Waals surface area contributed by atoms with Crippen LogP contribution in [0.15, 0.2) is 47.5 Å². The van der Waals surface area contributed by atoms with E-state index in [1.165, 1.54) is 12.1 Å². The van der Waals surface area contributed by atoms with E-state index in [2.05, 4.69) is 17.5 Å². The first kappa shape index (κ1) is 22.3. The summed E-state index contributed by atoms with van der Waals surface area (Å²) in [4.78, 5) is 0. The van der Waals surface area contributed by atoms with E-state index in [0.717, 1.165) is 12.1 Å². The number of nitrogens with zero attached hydrogens (tertiary/aromatic N) is 2. The Kier molecular flexibility index (Phi) is 4.90. The van der Waals surface area contributed by atoms with E-state index in [1.54, 1.807) is 12.1 Å². The number of rotatable bonds is 3. The lowest BCUT2D eigenvalue weighted by molar-refractivity contribution is 0.584. The van der Waals surface area contributed by atoms with Crippen molar-refractivity contribution in [3.05, 3.63) is 93.1 Å². The summed E-state index contributed by atoms with van der Waals surface area (Å²) in [6.07, 6.45) is 1.04. The van der Waals surface area contributed by atoms with E-state index >= 15 is 8.78 Å². The molecule has 1 saturated heterocycles. The van der Waals surface area contributed by atoms with Gasteiger partial charge in [-0.05, 0) is 64.1 Å². The molecule has 1 N–H and O–H groups in total. The lowest BCUT2D eigenvalue weighted by Gasteiger charge is -2.10. The molecule has 1 unspecified atom stereocenters. The Morgan fingerprint density at radius 3 is 1.78 bits per heavy atom. The SMILES string of the molecule is CCC/C(C#N)=C1\c2cc3c(cc2-c2c(F)cc(F)cc21)/C(=C(/C#N)C1CN1)c1cc(F)cc(F)c1-3. The van der Waals surface area contributed by atoms with Gasteiger partial charge in [-0.25, -0.2) is 17.6 Å². The summed E-state index contributed by atoms with van der Waals surface area (Å²) in [5, 5.41) is 22.9. The van der Waals surface area contributed by atoms with Gasteiger partial charge in [0.15, 0.2) is 0 Å². The highest BCUT2D eigenvalue weighted by Gasteiger charge is 2.38. The third-order valence-electron chi connectivity index (χ3n) is 6.97. The molecular weight excluding hydrogens is 466 g/mol. The van der Waals surface area contributed by atoms with Gasteiger partial charge in [-0.1, -0.05) is 13.3 Å². The molecule has 3 aromatic carbocycles. The van der Waals surface area contributed by atoms with Crippen molar-refractivity contribution in [3.63, 3.8) is 0 Å². The molecule has 3 nitrogen and oxygen atoms in total. The summed E-state index contributed by atoms with van der Waals surface area (Å²) >= 11 is 0. The summed E-state index contributed by atoms with van der Waals surface area (Å²) in [5.74, 6) is -3.10. The number of nitrogens with one attached hydrogen (secondary N) is 1. The minimum atomic E-state index is -0.783. The van der Waals surface area contributed by atoms with E-state index in [-0.39, 0.29) is 28.3 Å². The summed E-state index contributed by atoms with van der Waals surface area (Å²) in [7, 11) is 0. The average Bonchev–Trinajstić information content (AvgIpc) is 3.55. The molecule has 1 aliphatic heterocycles. The van der Waals surface area contributed by atoms with Crippen LogP contribution in [0.2, 0.25) is 0 Å². The molecule has 0 radical (unpaired) electrons. The Balaban J connectivity index is 1.76.